The van der Waals surface area contributed by atoms with Gasteiger partial charge >= 0.3 is 5.97 Å². The molecule has 3 N–H and O–H groups in total. The molecule has 0 saturated heterocycles. The molecule has 0 aromatic heterocycles. The van der Waals surface area contributed by atoms with Crippen molar-refractivity contribution < 1.29 is 24.5 Å². The second kappa shape index (κ2) is 57.9. The standard InChI is InChI=1S/C62H119NO5/c1-3-5-7-9-11-13-15-31-34-38-42-46-50-54-60(65)59(58-64)63-61(66)55-51-47-43-39-35-32-29-27-25-23-21-19-17-18-20-22-24-26-28-30-33-37-41-45-49-53-57-68-62(67)56-52-48-44-40-36-16-14-12-10-8-6-4-2/h17,19,50,54,59-60,64-65H,3-16,18,20-49,51-53,55-58H2,1-2H3,(H,63,66)/b19-17-,54-50+. The van der Waals surface area contributed by atoms with Gasteiger partial charge in [-0.05, 0) is 57.8 Å². The highest BCUT2D eigenvalue weighted by Gasteiger charge is 2.18. The number of rotatable bonds is 57. The van der Waals surface area contributed by atoms with Gasteiger partial charge in [-0.2, -0.15) is 0 Å². The number of nitrogens with one attached hydrogen (secondary N) is 1. The Kier molecular flexibility index (Phi) is 56.5. The first kappa shape index (κ1) is 66.3. The zero-order valence-electron chi connectivity index (χ0n) is 45.9. The molecule has 0 aliphatic heterocycles. The number of carbonyl (C=O) groups is 2. The van der Waals surface area contributed by atoms with Crippen LogP contribution in [0.3, 0.4) is 0 Å². The summed E-state index contributed by atoms with van der Waals surface area (Å²) >= 11 is 0. The van der Waals surface area contributed by atoms with Gasteiger partial charge in [-0.3, -0.25) is 9.59 Å². The Hall–Kier alpha value is -1.66. The molecule has 0 aromatic rings. The maximum atomic E-state index is 12.4. The minimum absolute atomic E-state index is 0.0147. The average Bonchev–Trinajstić information content (AvgIpc) is 3.34. The van der Waals surface area contributed by atoms with E-state index in [0.717, 1.165) is 38.5 Å². The van der Waals surface area contributed by atoms with Gasteiger partial charge in [0.2, 0.25) is 5.91 Å². The predicted molar refractivity (Wildman–Crippen MR) is 296 cm³/mol. The van der Waals surface area contributed by atoms with Crippen molar-refractivity contribution in [2.75, 3.05) is 13.2 Å². The fourth-order valence-corrected chi connectivity index (χ4v) is 9.51. The molecule has 0 rings (SSSR count). The zero-order chi connectivity index (χ0) is 49.3. The smallest absolute Gasteiger partial charge is 0.305 e. The minimum atomic E-state index is -0.844. The summed E-state index contributed by atoms with van der Waals surface area (Å²) in [5.41, 5.74) is 0. The molecule has 0 saturated carbocycles. The van der Waals surface area contributed by atoms with Crippen molar-refractivity contribution in [2.24, 2.45) is 0 Å². The molecule has 0 aliphatic rings. The summed E-state index contributed by atoms with van der Waals surface area (Å²) in [6, 6.07) is -0.628. The molecule has 402 valence electrons. The first-order valence-corrected chi connectivity index (χ1v) is 30.6. The number of allylic oxidation sites excluding steroid dienone is 3. The van der Waals surface area contributed by atoms with Crippen molar-refractivity contribution in [3.8, 4) is 0 Å². The van der Waals surface area contributed by atoms with Crippen LogP contribution >= 0.6 is 0 Å². The summed E-state index contributed by atoms with van der Waals surface area (Å²) in [5.74, 6) is -0.0544. The Morgan fingerprint density at radius 1 is 0.397 bits per heavy atom. The third kappa shape index (κ3) is 53.7. The van der Waals surface area contributed by atoms with E-state index in [2.05, 4.69) is 31.3 Å². The molecule has 0 bridgehead atoms. The van der Waals surface area contributed by atoms with E-state index in [1.165, 1.54) is 270 Å². The third-order valence-corrected chi connectivity index (χ3v) is 14.2. The Labute approximate surface area is 424 Å². The van der Waals surface area contributed by atoms with E-state index < -0.39 is 12.1 Å². The lowest BCUT2D eigenvalue weighted by atomic mass is 10.0. The zero-order valence-corrected chi connectivity index (χ0v) is 45.9. The number of ether oxygens (including phenoxy) is 1. The highest BCUT2D eigenvalue weighted by Crippen LogP contribution is 2.17. The van der Waals surface area contributed by atoms with Crippen LogP contribution in [0.5, 0.6) is 0 Å². The number of hydrogen-bond donors (Lipinski definition) is 3. The molecular weight excluding hydrogens is 839 g/mol. The van der Waals surface area contributed by atoms with Crippen LogP contribution in [0.1, 0.15) is 335 Å². The Morgan fingerprint density at radius 3 is 1.04 bits per heavy atom. The Balaban J connectivity index is 3.40. The van der Waals surface area contributed by atoms with Gasteiger partial charge in [0.15, 0.2) is 0 Å². The summed E-state index contributed by atoms with van der Waals surface area (Å²) < 4.78 is 5.47. The van der Waals surface area contributed by atoms with Crippen molar-refractivity contribution >= 4 is 11.9 Å². The summed E-state index contributed by atoms with van der Waals surface area (Å²) in [4.78, 5) is 24.5. The topological polar surface area (TPSA) is 95.9 Å². The lowest BCUT2D eigenvalue weighted by Crippen LogP contribution is -2.45. The number of amides is 1. The van der Waals surface area contributed by atoms with E-state index in [9.17, 15) is 19.8 Å². The number of esters is 1. The van der Waals surface area contributed by atoms with Crippen LogP contribution in [0.15, 0.2) is 24.3 Å². The Morgan fingerprint density at radius 2 is 0.691 bits per heavy atom. The second-order valence-electron chi connectivity index (χ2n) is 21.0. The molecule has 6 heteroatoms. The average molecular weight is 959 g/mol. The van der Waals surface area contributed by atoms with Crippen molar-refractivity contribution in [3.63, 3.8) is 0 Å². The molecule has 0 radical (unpaired) electrons. The molecule has 0 aliphatic carbocycles. The van der Waals surface area contributed by atoms with Crippen LogP contribution in [-0.4, -0.2) is 47.4 Å². The second-order valence-corrected chi connectivity index (χ2v) is 21.0. The van der Waals surface area contributed by atoms with Crippen LogP contribution in [0.25, 0.3) is 0 Å². The van der Waals surface area contributed by atoms with E-state index in [0.29, 0.717) is 19.4 Å². The maximum Gasteiger partial charge on any atom is 0.305 e. The number of aliphatic hydroxyl groups is 2. The summed E-state index contributed by atoms with van der Waals surface area (Å²) in [5, 5.41) is 23.1. The van der Waals surface area contributed by atoms with Gasteiger partial charge < -0.3 is 20.3 Å². The molecule has 2 atom stereocenters. The monoisotopic (exact) mass is 958 g/mol. The fraction of sp³-hybridized carbons (Fsp3) is 0.903. The maximum absolute atomic E-state index is 12.4. The predicted octanol–water partition coefficient (Wildman–Crippen LogP) is 19.0. The molecule has 68 heavy (non-hydrogen) atoms. The largest absolute Gasteiger partial charge is 0.466 e. The van der Waals surface area contributed by atoms with Crippen LogP contribution in [0, 0.1) is 0 Å². The number of aliphatic hydroxyl groups excluding tert-OH is 2. The highest BCUT2D eigenvalue weighted by molar-refractivity contribution is 5.76. The molecule has 0 spiro atoms. The van der Waals surface area contributed by atoms with Gasteiger partial charge in [0, 0.05) is 12.8 Å². The highest BCUT2D eigenvalue weighted by atomic mass is 16.5. The first-order chi connectivity index (χ1) is 33.5. The van der Waals surface area contributed by atoms with Gasteiger partial charge in [-0.1, -0.05) is 289 Å². The fourth-order valence-electron chi connectivity index (χ4n) is 9.51. The van der Waals surface area contributed by atoms with Crippen LogP contribution in [-0.2, 0) is 14.3 Å². The van der Waals surface area contributed by atoms with Crippen molar-refractivity contribution in [1.82, 2.24) is 5.32 Å². The van der Waals surface area contributed by atoms with Crippen LogP contribution in [0.2, 0.25) is 0 Å². The molecule has 0 fully saturated rings. The number of unbranched alkanes of at least 4 members (excludes halogenated alkanes) is 44. The summed E-state index contributed by atoms with van der Waals surface area (Å²) in [6.45, 7) is 4.91. The number of hydrogen-bond acceptors (Lipinski definition) is 5. The van der Waals surface area contributed by atoms with E-state index in [4.69, 9.17) is 4.74 Å². The van der Waals surface area contributed by atoms with Crippen molar-refractivity contribution in [1.29, 1.82) is 0 Å². The first-order valence-electron chi connectivity index (χ1n) is 30.6. The lowest BCUT2D eigenvalue weighted by Gasteiger charge is -2.20. The van der Waals surface area contributed by atoms with Gasteiger partial charge in [-0.25, -0.2) is 0 Å². The van der Waals surface area contributed by atoms with Gasteiger partial charge in [-0.15, -0.1) is 0 Å². The van der Waals surface area contributed by atoms with Crippen LogP contribution in [0.4, 0.5) is 0 Å². The summed E-state index contributed by atoms with van der Waals surface area (Å²) in [7, 11) is 0. The normalized spacial score (nSPS) is 12.7. The molecule has 2 unspecified atom stereocenters. The third-order valence-electron chi connectivity index (χ3n) is 14.2. The van der Waals surface area contributed by atoms with E-state index in [1.807, 2.05) is 6.08 Å². The SMILES string of the molecule is CCCCCCCCCCCCC/C=C/C(O)C(CO)NC(=O)CCCCCCCCCCCC/C=C\CCCCCCCCCCCCCCOC(=O)CCCCCCCCCCCCCC. The Bertz CT molecular complexity index is 1060. The van der Waals surface area contributed by atoms with Crippen LogP contribution < -0.4 is 5.32 Å². The van der Waals surface area contributed by atoms with E-state index in [-0.39, 0.29) is 18.5 Å². The minimum Gasteiger partial charge on any atom is -0.466 e. The van der Waals surface area contributed by atoms with Gasteiger partial charge in [0.1, 0.15) is 0 Å². The van der Waals surface area contributed by atoms with Gasteiger partial charge in [0.05, 0.1) is 25.4 Å². The van der Waals surface area contributed by atoms with E-state index in [1.54, 1.807) is 6.08 Å². The van der Waals surface area contributed by atoms with Crippen molar-refractivity contribution in [2.45, 2.75) is 347 Å². The number of carbonyl (C=O) groups excluding carboxylic acids is 2. The molecular formula is C62H119NO5. The summed E-state index contributed by atoms with van der Waals surface area (Å²) in [6.07, 6.45) is 70.8. The molecule has 6 nitrogen and oxygen atoms in total. The quantitative estimate of drug-likeness (QED) is 0.0321. The molecule has 1 amide bonds. The molecule has 0 aromatic carbocycles. The van der Waals surface area contributed by atoms with Gasteiger partial charge in [0.25, 0.3) is 0 Å². The van der Waals surface area contributed by atoms with Crippen molar-refractivity contribution in [3.05, 3.63) is 24.3 Å². The molecule has 0 heterocycles. The van der Waals surface area contributed by atoms with E-state index >= 15 is 0 Å². The lowest BCUT2D eigenvalue weighted by molar-refractivity contribution is -0.143.